The smallest absolute Gasteiger partial charge is 0.143 e. The first-order valence-electron chi connectivity index (χ1n) is 5.72. The van der Waals surface area contributed by atoms with Crippen molar-refractivity contribution in [3.63, 3.8) is 0 Å². The largest absolute Gasteiger partial charge is 0.299 e. The highest BCUT2D eigenvalue weighted by molar-refractivity contribution is 5.66. The third-order valence-electron chi connectivity index (χ3n) is 2.40. The molecule has 0 unspecified atom stereocenters. The van der Waals surface area contributed by atoms with Crippen LogP contribution in [0.25, 0.3) is 0 Å². The van der Waals surface area contributed by atoms with Crippen LogP contribution in [0.3, 0.4) is 0 Å². The van der Waals surface area contributed by atoms with Gasteiger partial charge in [0.25, 0.3) is 0 Å². The number of hydrogen-bond donors (Lipinski definition) is 0. The summed E-state index contributed by atoms with van der Waals surface area (Å²) in [5.74, 6) is 0. The lowest BCUT2D eigenvalue weighted by molar-refractivity contribution is -0.104. The van der Waals surface area contributed by atoms with E-state index in [1.54, 1.807) is 6.08 Å². The molecule has 0 heterocycles. The molecule has 1 rings (SSSR count). The van der Waals surface area contributed by atoms with Crippen LogP contribution in [0.2, 0.25) is 0 Å². The van der Waals surface area contributed by atoms with E-state index in [0.29, 0.717) is 0 Å². The first-order valence-corrected chi connectivity index (χ1v) is 5.72. The summed E-state index contributed by atoms with van der Waals surface area (Å²) in [4.78, 5) is 10.2. The van der Waals surface area contributed by atoms with E-state index in [1.807, 2.05) is 25.1 Å². The first-order chi connectivity index (χ1) is 8.22. The molecule has 0 fully saturated rings. The fourth-order valence-corrected chi connectivity index (χ4v) is 1.50. The van der Waals surface area contributed by atoms with Crippen LogP contribution >= 0.6 is 0 Å². The Hall–Kier alpha value is -1.89. The number of aldehydes is 1. The summed E-state index contributed by atoms with van der Waals surface area (Å²) in [5, 5.41) is 0. The Kier molecular flexibility index (Phi) is 5.73. The van der Waals surface area contributed by atoms with Crippen LogP contribution in [0, 0.1) is 0 Å². The Morgan fingerprint density at radius 3 is 2.47 bits per heavy atom. The predicted molar refractivity (Wildman–Crippen MR) is 72.9 cm³/mol. The number of benzene rings is 1. The average molecular weight is 226 g/mol. The van der Waals surface area contributed by atoms with Crippen molar-refractivity contribution in [3.05, 3.63) is 71.3 Å². The second-order valence-corrected chi connectivity index (χ2v) is 4.08. The SMILES string of the molecule is CC(/C=C/C=C(\C)Cc1ccccc1)=C\C=O. The molecule has 0 aromatic heterocycles. The van der Waals surface area contributed by atoms with Crippen LogP contribution in [0.4, 0.5) is 0 Å². The third-order valence-corrected chi connectivity index (χ3v) is 2.40. The molecule has 1 nitrogen and oxygen atoms in total. The van der Waals surface area contributed by atoms with E-state index >= 15 is 0 Å². The minimum atomic E-state index is 0.806. The van der Waals surface area contributed by atoms with Crippen LogP contribution in [0.15, 0.2) is 65.8 Å². The van der Waals surface area contributed by atoms with Crippen molar-refractivity contribution in [2.75, 3.05) is 0 Å². The summed E-state index contributed by atoms with van der Waals surface area (Å²) in [6, 6.07) is 10.4. The first kappa shape index (κ1) is 13.2. The highest BCUT2D eigenvalue weighted by atomic mass is 16.1. The number of carbonyl (C=O) groups excluding carboxylic acids is 1. The van der Waals surface area contributed by atoms with Gasteiger partial charge in [-0.15, -0.1) is 0 Å². The molecule has 1 aromatic rings. The molecule has 88 valence electrons. The lowest BCUT2D eigenvalue weighted by Gasteiger charge is -1.99. The Bertz CT molecular complexity index is 436. The Balaban J connectivity index is 2.56. The van der Waals surface area contributed by atoms with Gasteiger partial charge >= 0.3 is 0 Å². The normalized spacial score (nSPS) is 13.1. The van der Waals surface area contributed by atoms with Gasteiger partial charge in [-0.05, 0) is 37.5 Å². The molecular formula is C16H18O. The van der Waals surface area contributed by atoms with Gasteiger partial charge in [0.15, 0.2) is 0 Å². The number of hydrogen-bond acceptors (Lipinski definition) is 1. The van der Waals surface area contributed by atoms with Crippen molar-refractivity contribution in [1.29, 1.82) is 0 Å². The molecule has 0 aliphatic carbocycles. The van der Waals surface area contributed by atoms with Gasteiger partial charge in [0.05, 0.1) is 0 Å². The van der Waals surface area contributed by atoms with E-state index in [4.69, 9.17) is 0 Å². The molecule has 0 saturated heterocycles. The van der Waals surface area contributed by atoms with Gasteiger partial charge in [-0.2, -0.15) is 0 Å². The molecule has 0 N–H and O–H groups in total. The summed E-state index contributed by atoms with van der Waals surface area (Å²) in [7, 11) is 0. The van der Waals surface area contributed by atoms with Crippen molar-refractivity contribution in [2.45, 2.75) is 20.3 Å². The van der Waals surface area contributed by atoms with Gasteiger partial charge in [0.2, 0.25) is 0 Å². The zero-order chi connectivity index (χ0) is 12.5. The third kappa shape index (κ3) is 5.67. The van der Waals surface area contributed by atoms with Gasteiger partial charge in [-0.3, -0.25) is 4.79 Å². The van der Waals surface area contributed by atoms with Crippen molar-refractivity contribution in [3.8, 4) is 0 Å². The maximum absolute atomic E-state index is 10.2. The standard InChI is InChI=1S/C16H18O/c1-14(11-12-17)7-6-8-15(2)13-16-9-4-3-5-10-16/h3-12H,13H2,1-2H3/b7-6+,14-11+,15-8+. The minimum absolute atomic E-state index is 0.806. The predicted octanol–water partition coefficient (Wildman–Crippen LogP) is 3.88. The highest BCUT2D eigenvalue weighted by Gasteiger charge is 1.91. The number of rotatable bonds is 5. The number of allylic oxidation sites excluding steroid dienone is 6. The quantitative estimate of drug-likeness (QED) is 0.423. The second-order valence-electron chi connectivity index (χ2n) is 4.08. The number of carbonyl (C=O) groups is 1. The van der Waals surface area contributed by atoms with E-state index < -0.39 is 0 Å². The fraction of sp³-hybridized carbons (Fsp3) is 0.188. The minimum Gasteiger partial charge on any atom is -0.299 e. The lowest BCUT2D eigenvalue weighted by Crippen LogP contribution is -1.85. The summed E-state index contributed by atoms with van der Waals surface area (Å²) in [6.45, 7) is 4.02. The molecule has 1 aromatic carbocycles. The summed E-state index contributed by atoms with van der Waals surface area (Å²) >= 11 is 0. The van der Waals surface area contributed by atoms with Gasteiger partial charge < -0.3 is 0 Å². The van der Waals surface area contributed by atoms with Crippen molar-refractivity contribution >= 4 is 6.29 Å². The van der Waals surface area contributed by atoms with Gasteiger partial charge in [-0.1, -0.05) is 54.1 Å². The van der Waals surface area contributed by atoms with E-state index in [2.05, 4.69) is 37.3 Å². The molecule has 0 atom stereocenters. The van der Waals surface area contributed by atoms with Crippen LogP contribution in [0.1, 0.15) is 19.4 Å². The molecular weight excluding hydrogens is 208 g/mol. The zero-order valence-corrected chi connectivity index (χ0v) is 10.4. The lowest BCUT2D eigenvalue weighted by atomic mass is 10.1. The van der Waals surface area contributed by atoms with Crippen molar-refractivity contribution in [1.82, 2.24) is 0 Å². The second kappa shape index (κ2) is 7.39. The zero-order valence-electron chi connectivity index (χ0n) is 10.4. The Morgan fingerprint density at radius 1 is 1.12 bits per heavy atom. The van der Waals surface area contributed by atoms with Gasteiger partial charge in [-0.25, -0.2) is 0 Å². The van der Waals surface area contributed by atoms with Crippen LogP contribution in [-0.4, -0.2) is 6.29 Å². The van der Waals surface area contributed by atoms with Crippen LogP contribution in [-0.2, 0) is 11.2 Å². The Labute approximate surface area is 103 Å². The van der Waals surface area contributed by atoms with Crippen LogP contribution < -0.4 is 0 Å². The maximum atomic E-state index is 10.2. The van der Waals surface area contributed by atoms with Crippen molar-refractivity contribution < 1.29 is 4.79 Å². The summed E-state index contributed by atoms with van der Waals surface area (Å²) in [6.07, 6.45) is 9.31. The molecule has 0 aliphatic rings. The van der Waals surface area contributed by atoms with E-state index in [0.717, 1.165) is 18.3 Å². The van der Waals surface area contributed by atoms with Crippen molar-refractivity contribution in [2.24, 2.45) is 0 Å². The summed E-state index contributed by atoms with van der Waals surface area (Å²) < 4.78 is 0. The molecule has 0 aliphatic heterocycles. The molecule has 1 heteroatoms. The van der Waals surface area contributed by atoms with E-state index in [-0.39, 0.29) is 0 Å². The monoisotopic (exact) mass is 226 g/mol. The molecule has 0 radical (unpaired) electrons. The molecule has 17 heavy (non-hydrogen) atoms. The van der Waals surface area contributed by atoms with Gasteiger partial charge in [0.1, 0.15) is 6.29 Å². The summed E-state index contributed by atoms with van der Waals surface area (Å²) in [5.41, 5.74) is 3.57. The molecule has 0 amide bonds. The maximum Gasteiger partial charge on any atom is 0.143 e. The van der Waals surface area contributed by atoms with Crippen LogP contribution in [0.5, 0.6) is 0 Å². The highest BCUT2D eigenvalue weighted by Crippen LogP contribution is 2.07. The van der Waals surface area contributed by atoms with E-state index in [1.165, 1.54) is 11.1 Å². The topological polar surface area (TPSA) is 17.1 Å². The molecule has 0 bridgehead atoms. The average Bonchev–Trinajstić information content (AvgIpc) is 2.30. The van der Waals surface area contributed by atoms with E-state index in [9.17, 15) is 4.79 Å². The van der Waals surface area contributed by atoms with Gasteiger partial charge in [0, 0.05) is 0 Å². The fourth-order valence-electron chi connectivity index (χ4n) is 1.50. The Morgan fingerprint density at radius 2 is 1.82 bits per heavy atom. The molecule has 0 saturated carbocycles. The molecule has 0 spiro atoms.